The first kappa shape index (κ1) is 22.8. The molecule has 0 aliphatic rings. The van der Waals surface area contributed by atoms with Crippen molar-refractivity contribution in [2.75, 3.05) is 17.2 Å². The fourth-order valence-electron chi connectivity index (χ4n) is 2.74. The van der Waals surface area contributed by atoms with Gasteiger partial charge in [-0.05, 0) is 70.9 Å². The molecule has 0 spiro atoms. The molecule has 0 radical (unpaired) electrons. The van der Waals surface area contributed by atoms with Gasteiger partial charge in [0.05, 0.1) is 4.47 Å². The van der Waals surface area contributed by atoms with Crippen molar-refractivity contribution in [1.29, 1.82) is 5.26 Å². The number of anilines is 2. The summed E-state index contributed by atoms with van der Waals surface area (Å²) < 4.78 is 6.16. The van der Waals surface area contributed by atoms with Crippen molar-refractivity contribution in [1.82, 2.24) is 0 Å². The molecule has 160 valence electrons. The van der Waals surface area contributed by atoms with Gasteiger partial charge in [-0.2, -0.15) is 5.26 Å². The number of benzene rings is 3. The highest BCUT2D eigenvalue weighted by Crippen LogP contribution is 2.27. The highest BCUT2D eigenvalue weighted by Gasteiger charge is 2.11. The van der Waals surface area contributed by atoms with Crippen LogP contribution in [-0.2, 0) is 9.59 Å². The molecule has 0 unspecified atom stereocenters. The van der Waals surface area contributed by atoms with Gasteiger partial charge >= 0.3 is 0 Å². The van der Waals surface area contributed by atoms with Crippen LogP contribution in [0.25, 0.3) is 6.08 Å². The molecule has 0 saturated heterocycles. The lowest BCUT2D eigenvalue weighted by Crippen LogP contribution is -2.20. The van der Waals surface area contributed by atoms with Gasteiger partial charge in [-0.25, -0.2) is 0 Å². The number of hydrogen-bond acceptors (Lipinski definition) is 4. The molecule has 0 bridgehead atoms. The SMILES string of the molecule is Cc1ccc(NC(=O)/C(C#N)=C/c2ccc(OCC(=O)Nc3ccccc3)c(Br)c2)cc1. The van der Waals surface area contributed by atoms with E-state index in [1.165, 1.54) is 6.08 Å². The minimum absolute atomic E-state index is 0.0339. The highest BCUT2D eigenvalue weighted by molar-refractivity contribution is 9.10. The molecule has 3 aromatic carbocycles. The van der Waals surface area contributed by atoms with Crippen molar-refractivity contribution in [3.05, 3.63) is 94.0 Å². The van der Waals surface area contributed by atoms with Crippen LogP contribution in [0.4, 0.5) is 11.4 Å². The number of halogens is 1. The van der Waals surface area contributed by atoms with E-state index in [4.69, 9.17) is 4.74 Å². The number of nitrogens with one attached hydrogen (secondary N) is 2. The van der Waals surface area contributed by atoms with E-state index in [1.807, 2.05) is 43.3 Å². The van der Waals surface area contributed by atoms with Crippen LogP contribution in [0.5, 0.6) is 5.75 Å². The van der Waals surface area contributed by atoms with Crippen LogP contribution in [0.1, 0.15) is 11.1 Å². The van der Waals surface area contributed by atoms with Crippen LogP contribution < -0.4 is 15.4 Å². The maximum absolute atomic E-state index is 12.4. The molecule has 6 nitrogen and oxygen atoms in total. The molecular formula is C25H20BrN3O3. The van der Waals surface area contributed by atoms with E-state index in [1.54, 1.807) is 42.5 Å². The lowest BCUT2D eigenvalue weighted by Gasteiger charge is -2.10. The van der Waals surface area contributed by atoms with Crippen molar-refractivity contribution >= 4 is 45.2 Å². The van der Waals surface area contributed by atoms with Crippen molar-refractivity contribution in [2.24, 2.45) is 0 Å². The second-order valence-electron chi connectivity index (χ2n) is 6.88. The standard InChI is InChI=1S/C25H20BrN3O3/c1-17-7-10-21(11-8-17)29-25(31)19(15-27)13-18-9-12-23(22(26)14-18)32-16-24(30)28-20-5-3-2-4-6-20/h2-14H,16H2,1H3,(H,28,30)(H,29,31)/b19-13+. The maximum atomic E-state index is 12.4. The average Bonchev–Trinajstić information content (AvgIpc) is 2.79. The van der Waals surface area contributed by atoms with Crippen LogP contribution in [0, 0.1) is 18.3 Å². The molecule has 7 heteroatoms. The Balaban J connectivity index is 1.63. The number of carbonyl (C=O) groups is 2. The minimum atomic E-state index is -0.495. The number of nitriles is 1. The smallest absolute Gasteiger partial charge is 0.266 e. The Labute approximate surface area is 194 Å². The van der Waals surface area contributed by atoms with E-state index in [0.29, 0.717) is 27.2 Å². The third-order valence-corrected chi connectivity index (χ3v) is 4.98. The van der Waals surface area contributed by atoms with Gasteiger partial charge in [0.1, 0.15) is 17.4 Å². The average molecular weight is 490 g/mol. The lowest BCUT2D eigenvalue weighted by atomic mass is 10.1. The number of amides is 2. The molecule has 3 aromatic rings. The summed E-state index contributed by atoms with van der Waals surface area (Å²) in [4.78, 5) is 24.5. The Kier molecular flexibility index (Phi) is 7.79. The van der Waals surface area contributed by atoms with Crippen LogP contribution in [0.15, 0.2) is 82.8 Å². The summed E-state index contributed by atoms with van der Waals surface area (Å²) >= 11 is 3.40. The van der Waals surface area contributed by atoms with E-state index in [9.17, 15) is 14.9 Å². The Morgan fingerprint density at radius 3 is 2.34 bits per heavy atom. The molecule has 3 rings (SSSR count). The molecule has 32 heavy (non-hydrogen) atoms. The van der Waals surface area contributed by atoms with Gasteiger partial charge in [-0.1, -0.05) is 42.0 Å². The van der Waals surface area contributed by atoms with Gasteiger partial charge in [0.2, 0.25) is 0 Å². The summed E-state index contributed by atoms with van der Waals surface area (Å²) in [6.07, 6.45) is 1.49. The molecular weight excluding hydrogens is 470 g/mol. The number of ether oxygens (including phenoxy) is 1. The third-order valence-electron chi connectivity index (χ3n) is 4.36. The van der Waals surface area contributed by atoms with E-state index in [-0.39, 0.29) is 18.1 Å². The van der Waals surface area contributed by atoms with Gasteiger partial charge in [0.25, 0.3) is 11.8 Å². The second kappa shape index (κ2) is 10.9. The molecule has 0 atom stereocenters. The van der Waals surface area contributed by atoms with Crippen molar-refractivity contribution < 1.29 is 14.3 Å². The monoisotopic (exact) mass is 489 g/mol. The Morgan fingerprint density at radius 2 is 1.69 bits per heavy atom. The summed E-state index contributed by atoms with van der Waals surface area (Å²) in [5.74, 6) is -0.315. The summed E-state index contributed by atoms with van der Waals surface area (Å²) in [5.41, 5.74) is 2.97. The van der Waals surface area contributed by atoms with Crippen molar-refractivity contribution in [3.8, 4) is 11.8 Å². The first-order valence-electron chi connectivity index (χ1n) is 9.71. The zero-order chi connectivity index (χ0) is 22.9. The Morgan fingerprint density at radius 1 is 1.00 bits per heavy atom. The Bertz CT molecular complexity index is 1180. The zero-order valence-electron chi connectivity index (χ0n) is 17.3. The van der Waals surface area contributed by atoms with Crippen LogP contribution >= 0.6 is 15.9 Å². The van der Waals surface area contributed by atoms with E-state index >= 15 is 0 Å². The summed E-state index contributed by atoms with van der Waals surface area (Å²) in [6.45, 7) is 1.79. The normalized spacial score (nSPS) is 10.7. The fourth-order valence-corrected chi connectivity index (χ4v) is 3.25. The molecule has 0 saturated carbocycles. The highest BCUT2D eigenvalue weighted by atomic mass is 79.9. The molecule has 0 aromatic heterocycles. The Hall–Kier alpha value is -3.89. The number of para-hydroxylation sites is 1. The molecule has 0 aliphatic heterocycles. The lowest BCUT2D eigenvalue weighted by molar-refractivity contribution is -0.118. The van der Waals surface area contributed by atoms with E-state index in [0.717, 1.165) is 5.56 Å². The number of nitrogens with zero attached hydrogens (tertiary/aromatic N) is 1. The van der Waals surface area contributed by atoms with Gasteiger partial charge in [-0.15, -0.1) is 0 Å². The van der Waals surface area contributed by atoms with Crippen molar-refractivity contribution in [3.63, 3.8) is 0 Å². The first-order valence-corrected chi connectivity index (χ1v) is 10.5. The fraction of sp³-hybridized carbons (Fsp3) is 0.0800. The third kappa shape index (κ3) is 6.56. The summed E-state index contributed by atoms with van der Waals surface area (Å²) in [6, 6.07) is 23.4. The van der Waals surface area contributed by atoms with Crippen LogP contribution in [0.3, 0.4) is 0 Å². The predicted molar refractivity (Wildman–Crippen MR) is 128 cm³/mol. The zero-order valence-corrected chi connectivity index (χ0v) is 18.8. The molecule has 0 aliphatic carbocycles. The first-order chi connectivity index (χ1) is 15.4. The predicted octanol–water partition coefficient (Wildman–Crippen LogP) is 5.32. The van der Waals surface area contributed by atoms with Gasteiger partial charge in [-0.3, -0.25) is 9.59 Å². The van der Waals surface area contributed by atoms with Crippen LogP contribution in [0.2, 0.25) is 0 Å². The van der Waals surface area contributed by atoms with Gasteiger partial charge in [0, 0.05) is 11.4 Å². The number of carbonyl (C=O) groups excluding carboxylic acids is 2. The summed E-state index contributed by atoms with van der Waals surface area (Å²) in [7, 11) is 0. The molecule has 2 N–H and O–H groups in total. The van der Waals surface area contributed by atoms with Crippen molar-refractivity contribution in [2.45, 2.75) is 6.92 Å². The number of aryl methyl sites for hydroxylation is 1. The topological polar surface area (TPSA) is 91.2 Å². The van der Waals surface area contributed by atoms with Crippen LogP contribution in [-0.4, -0.2) is 18.4 Å². The quantitative estimate of drug-likeness (QED) is 0.347. The molecule has 0 heterocycles. The summed E-state index contributed by atoms with van der Waals surface area (Å²) in [5, 5.41) is 14.9. The second-order valence-corrected chi connectivity index (χ2v) is 7.74. The van der Waals surface area contributed by atoms with Gasteiger partial charge < -0.3 is 15.4 Å². The largest absolute Gasteiger partial charge is 0.483 e. The van der Waals surface area contributed by atoms with E-state index in [2.05, 4.69) is 26.6 Å². The molecule has 2 amide bonds. The van der Waals surface area contributed by atoms with Gasteiger partial charge in [0.15, 0.2) is 6.61 Å². The minimum Gasteiger partial charge on any atom is -0.483 e. The number of hydrogen-bond donors (Lipinski definition) is 2. The number of rotatable bonds is 7. The maximum Gasteiger partial charge on any atom is 0.266 e. The molecule has 0 fully saturated rings. The van der Waals surface area contributed by atoms with E-state index < -0.39 is 5.91 Å².